The van der Waals surface area contributed by atoms with Crippen LogP contribution >= 0.6 is 0 Å². The quantitative estimate of drug-likeness (QED) is 0.449. The van der Waals surface area contributed by atoms with Gasteiger partial charge < -0.3 is 15.4 Å². The predicted molar refractivity (Wildman–Crippen MR) is 59.6 cm³/mol. The van der Waals surface area contributed by atoms with Crippen LogP contribution in [0.25, 0.3) is 0 Å². The van der Waals surface area contributed by atoms with Crippen LogP contribution < -0.4 is 10.6 Å². The van der Waals surface area contributed by atoms with E-state index < -0.39 is 0 Å². The Hall–Kier alpha value is -0.870. The molecule has 1 aliphatic heterocycles. The van der Waals surface area contributed by atoms with Gasteiger partial charge in [-0.15, -0.1) is 6.58 Å². The first-order valence-corrected chi connectivity index (χ1v) is 5.49. The summed E-state index contributed by atoms with van der Waals surface area (Å²) in [7, 11) is 0. The summed E-state index contributed by atoms with van der Waals surface area (Å²) < 4.78 is 5.27. The lowest BCUT2D eigenvalue weighted by Gasteiger charge is -2.26. The molecular formula is C11H20N2O2. The Morgan fingerprint density at radius 1 is 1.53 bits per heavy atom. The van der Waals surface area contributed by atoms with Crippen molar-refractivity contribution in [3.8, 4) is 0 Å². The minimum atomic E-state index is 0.133. The molecule has 0 aromatic heterocycles. The second-order valence-electron chi connectivity index (χ2n) is 3.77. The minimum Gasteiger partial charge on any atom is -0.379 e. The van der Waals surface area contributed by atoms with Gasteiger partial charge in [-0.2, -0.15) is 0 Å². The van der Waals surface area contributed by atoms with Crippen molar-refractivity contribution < 1.29 is 9.53 Å². The number of hydrogen-bond donors (Lipinski definition) is 2. The lowest BCUT2D eigenvalue weighted by molar-refractivity contribution is -0.122. The molecule has 1 amide bonds. The Bertz CT molecular complexity index is 203. The summed E-state index contributed by atoms with van der Waals surface area (Å²) in [5, 5.41) is 5.98. The fourth-order valence-corrected chi connectivity index (χ4v) is 1.36. The summed E-state index contributed by atoms with van der Waals surface area (Å²) in [5.74, 6) is 0.667. The molecule has 0 unspecified atom stereocenters. The highest BCUT2D eigenvalue weighted by Gasteiger charge is 2.19. The van der Waals surface area contributed by atoms with E-state index in [0.717, 1.165) is 19.5 Å². The molecule has 2 N–H and O–H groups in total. The zero-order chi connectivity index (χ0) is 10.9. The van der Waals surface area contributed by atoms with Gasteiger partial charge in [-0.1, -0.05) is 6.08 Å². The van der Waals surface area contributed by atoms with Gasteiger partial charge in [0.25, 0.3) is 0 Å². The van der Waals surface area contributed by atoms with E-state index in [1.165, 1.54) is 0 Å². The lowest BCUT2D eigenvalue weighted by Crippen LogP contribution is -2.44. The number of carbonyl (C=O) groups is 1. The lowest BCUT2D eigenvalue weighted by atomic mass is 9.99. The monoisotopic (exact) mass is 212 g/mol. The van der Waals surface area contributed by atoms with Crippen molar-refractivity contribution in [1.29, 1.82) is 0 Å². The molecule has 0 saturated carbocycles. The molecule has 0 aliphatic carbocycles. The van der Waals surface area contributed by atoms with Gasteiger partial charge in [0.05, 0.1) is 13.2 Å². The van der Waals surface area contributed by atoms with Crippen LogP contribution in [0.15, 0.2) is 12.7 Å². The minimum absolute atomic E-state index is 0.133. The van der Waals surface area contributed by atoms with E-state index in [2.05, 4.69) is 17.2 Å². The third-order valence-corrected chi connectivity index (χ3v) is 2.37. The topological polar surface area (TPSA) is 50.4 Å². The molecule has 15 heavy (non-hydrogen) atoms. The van der Waals surface area contributed by atoms with Crippen LogP contribution in [-0.2, 0) is 9.53 Å². The summed E-state index contributed by atoms with van der Waals surface area (Å²) in [6.45, 7) is 7.43. The highest BCUT2D eigenvalue weighted by molar-refractivity contribution is 5.76. The Morgan fingerprint density at radius 2 is 2.33 bits per heavy atom. The van der Waals surface area contributed by atoms with Crippen molar-refractivity contribution in [3.05, 3.63) is 12.7 Å². The second-order valence-corrected chi connectivity index (χ2v) is 3.77. The van der Waals surface area contributed by atoms with Gasteiger partial charge >= 0.3 is 0 Å². The van der Waals surface area contributed by atoms with Crippen molar-refractivity contribution in [2.75, 3.05) is 32.8 Å². The fourth-order valence-electron chi connectivity index (χ4n) is 1.36. The third kappa shape index (κ3) is 5.54. The fraction of sp³-hybridized carbons (Fsp3) is 0.727. The predicted octanol–water partition coefficient (Wildman–Crippen LogP) is 0.305. The summed E-state index contributed by atoms with van der Waals surface area (Å²) in [4.78, 5) is 11.3. The number of carbonyl (C=O) groups excluding carboxylic acids is 1. The largest absolute Gasteiger partial charge is 0.379 e. The normalized spacial score (nSPS) is 15.7. The molecule has 4 heteroatoms. The van der Waals surface area contributed by atoms with Crippen LogP contribution in [0, 0.1) is 5.92 Å². The molecule has 1 heterocycles. The SMILES string of the molecule is C=CCCOCCNC(=O)CC1CNC1. The van der Waals surface area contributed by atoms with Gasteiger partial charge in [0, 0.05) is 13.0 Å². The average Bonchev–Trinajstić information content (AvgIpc) is 2.17. The summed E-state index contributed by atoms with van der Waals surface area (Å²) >= 11 is 0. The maximum Gasteiger partial charge on any atom is 0.220 e. The number of amides is 1. The first kappa shape index (κ1) is 12.2. The summed E-state index contributed by atoms with van der Waals surface area (Å²) in [5.41, 5.74) is 0. The third-order valence-electron chi connectivity index (χ3n) is 2.37. The van der Waals surface area contributed by atoms with Gasteiger partial charge in [-0.25, -0.2) is 0 Å². The van der Waals surface area contributed by atoms with Gasteiger partial charge in [0.15, 0.2) is 0 Å². The number of rotatable bonds is 8. The van der Waals surface area contributed by atoms with Gasteiger partial charge in [-0.05, 0) is 25.4 Å². The molecule has 1 aliphatic rings. The molecule has 86 valence electrons. The van der Waals surface area contributed by atoms with Crippen LogP contribution in [0.1, 0.15) is 12.8 Å². The molecule has 0 aromatic carbocycles. The number of ether oxygens (including phenoxy) is 1. The van der Waals surface area contributed by atoms with Crippen LogP contribution in [0.5, 0.6) is 0 Å². The van der Waals surface area contributed by atoms with E-state index in [4.69, 9.17) is 4.74 Å². The Morgan fingerprint density at radius 3 is 2.93 bits per heavy atom. The molecule has 0 bridgehead atoms. The standard InChI is InChI=1S/C11H20N2O2/c1-2-3-5-15-6-4-13-11(14)7-10-8-12-9-10/h2,10,12H,1,3-9H2,(H,13,14). The van der Waals surface area contributed by atoms with Crippen LogP contribution in [-0.4, -0.2) is 38.8 Å². The second kappa shape index (κ2) is 7.43. The number of nitrogens with one attached hydrogen (secondary N) is 2. The molecule has 1 fully saturated rings. The zero-order valence-corrected chi connectivity index (χ0v) is 9.13. The maximum absolute atomic E-state index is 11.3. The van der Waals surface area contributed by atoms with Crippen molar-refractivity contribution >= 4 is 5.91 Å². The van der Waals surface area contributed by atoms with Gasteiger partial charge in [-0.3, -0.25) is 4.79 Å². The molecule has 1 rings (SSSR count). The molecule has 1 saturated heterocycles. The van der Waals surface area contributed by atoms with Gasteiger partial charge in [0.2, 0.25) is 5.91 Å². The van der Waals surface area contributed by atoms with E-state index >= 15 is 0 Å². The van der Waals surface area contributed by atoms with Crippen LogP contribution in [0.3, 0.4) is 0 Å². The van der Waals surface area contributed by atoms with Crippen molar-refractivity contribution in [1.82, 2.24) is 10.6 Å². The van der Waals surface area contributed by atoms with Crippen molar-refractivity contribution in [2.45, 2.75) is 12.8 Å². The van der Waals surface area contributed by atoms with Crippen LogP contribution in [0.4, 0.5) is 0 Å². The highest BCUT2D eigenvalue weighted by atomic mass is 16.5. The summed E-state index contributed by atoms with van der Waals surface area (Å²) in [6, 6.07) is 0. The summed E-state index contributed by atoms with van der Waals surface area (Å²) in [6.07, 6.45) is 3.32. The maximum atomic E-state index is 11.3. The molecule has 0 radical (unpaired) electrons. The zero-order valence-electron chi connectivity index (χ0n) is 9.13. The highest BCUT2D eigenvalue weighted by Crippen LogP contribution is 2.06. The number of hydrogen-bond acceptors (Lipinski definition) is 3. The van der Waals surface area contributed by atoms with Gasteiger partial charge in [0.1, 0.15) is 0 Å². The first-order chi connectivity index (χ1) is 7.33. The molecule has 0 aromatic rings. The molecule has 0 atom stereocenters. The van der Waals surface area contributed by atoms with Crippen molar-refractivity contribution in [3.63, 3.8) is 0 Å². The van der Waals surface area contributed by atoms with E-state index in [1.807, 2.05) is 6.08 Å². The van der Waals surface area contributed by atoms with Crippen molar-refractivity contribution in [2.24, 2.45) is 5.92 Å². The Balaban J connectivity index is 1.85. The van der Waals surface area contributed by atoms with E-state index in [9.17, 15) is 4.79 Å². The molecule has 0 spiro atoms. The molecular weight excluding hydrogens is 192 g/mol. The Kier molecular flexibility index (Phi) is 6.04. The Labute approximate surface area is 91.1 Å². The molecule has 4 nitrogen and oxygen atoms in total. The van der Waals surface area contributed by atoms with E-state index in [0.29, 0.717) is 32.1 Å². The smallest absolute Gasteiger partial charge is 0.220 e. The van der Waals surface area contributed by atoms with E-state index in [1.54, 1.807) is 0 Å². The first-order valence-electron chi connectivity index (χ1n) is 5.49. The van der Waals surface area contributed by atoms with Crippen LogP contribution in [0.2, 0.25) is 0 Å². The average molecular weight is 212 g/mol. The van der Waals surface area contributed by atoms with E-state index in [-0.39, 0.29) is 5.91 Å².